The zero-order valence-corrected chi connectivity index (χ0v) is 46.2. The van der Waals surface area contributed by atoms with Crippen LogP contribution in [0.1, 0.15) is 126 Å². The van der Waals surface area contributed by atoms with E-state index in [0.29, 0.717) is 17.5 Å². The van der Waals surface area contributed by atoms with Gasteiger partial charge in [0.05, 0.1) is 70.5 Å². The van der Waals surface area contributed by atoms with E-state index in [2.05, 4.69) is 5.16 Å². The van der Waals surface area contributed by atoms with Crippen LogP contribution in [0.4, 0.5) is 0 Å². The molecule has 0 saturated carbocycles. The van der Waals surface area contributed by atoms with E-state index in [1.54, 1.807) is 146 Å². The molecule has 3 N–H and O–H groups in total. The second-order valence-corrected chi connectivity index (χ2v) is 21.8. The number of nitrogens with zero attached hydrogens (tertiary/aromatic N) is 2. The number of methoxy groups -OCH3 is 1. The quantitative estimate of drug-likeness (QED) is 0.0668. The van der Waals surface area contributed by atoms with Crippen LogP contribution in [0.15, 0.2) is 96.2 Å². The molecule has 0 aliphatic carbocycles. The topological polar surface area (TPSA) is 228 Å². The van der Waals surface area contributed by atoms with Gasteiger partial charge in [-0.3, -0.25) is 4.79 Å². The van der Waals surface area contributed by atoms with E-state index < -0.39 is 132 Å². The molecule has 18 atom stereocenters. The normalized spacial score (nSPS) is 37.4. The lowest BCUT2D eigenvalue weighted by Gasteiger charge is -2.49. The predicted octanol–water partition coefficient (Wildman–Crippen LogP) is 7.16. The van der Waals surface area contributed by atoms with Crippen molar-refractivity contribution in [3.63, 3.8) is 0 Å². The number of carbonyl (C=O) groups excluding carboxylic acids is 4. The fraction of sp³-hybridized carbons (Fsp3) is 0.603. The Bertz CT molecular complexity index is 2420. The molecule has 418 valence electrons. The first kappa shape index (κ1) is 60.1. The molecule has 0 bridgehead atoms. The fourth-order valence-corrected chi connectivity index (χ4v) is 11.2. The maximum Gasteiger partial charge on any atom is 0.365 e. The van der Waals surface area contributed by atoms with Crippen LogP contribution in [0.3, 0.4) is 0 Å². The summed E-state index contributed by atoms with van der Waals surface area (Å²) in [6.45, 7) is 16.6. The molecule has 3 aromatic rings. The van der Waals surface area contributed by atoms with E-state index in [1.165, 1.54) is 14.0 Å². The molecule has 6 rings (SSSR count). The summed E-state index contributed by atoms with van der Waals surface area (Å²) in [5.74, 6) is -6.90. The number of oxime groups is 1. The van der Waals surface area contributed by atoms with Crippen molar-refractivity contribution in [1.29, 1.82) is 0 Å². The minimum absolute atomic E-state index is 0.00626. The van der Waals surface area contributed by atoms with Gasteiger partial charge < -0.3 is 63.0 Å². The first-order valence-corrected chi connectivity index (χ1v) is 26.4. The van der Waals surface area contributed by atoms with Crippen molar-refractivity contribution < 1.29 is 77.2 Å². The Labute approximate surface area is 447 Å². The number of cyclic esters (lactones) is 1. The minimum Gasteiger partial charge on any atom is -0.459 e. The van der Waals surface area contributed by atoms with Gasteiger partial charge in [0.2, 0.25) is 0 Å². The molecule has 0 amide bonds. The highest BCUT2D eigenvalue weighted by Gasteiger charge is 2.55. The van der Waals surface area contributed by atoms with Crippen LogP contribution >= 0.6 is 0 Å². The van der Waals surface area contributed by atoms with Crippen LogP contribution in [-0.2, 0) is 47.5 Å². The number of esters is 3. The van der Waals surface area contributed by atoms with Crippen molar-refractivity contribution >= 4 is 29.6 Å². The molecule has 0 aromatic heterocycles. The first-order valence-electron chi connectivity index (χ1n) is 26.4. The molecule has 15 unspecified atom stereocenters. The molecular weight excluding hydrogens is 981 g/mol. The number of hydrogen-bond donors (Lipinski definition) is 3. The van der Waals surface area contributed by atoms with E-state index in [-0.39, 0.29) is 30.5 Å². The lowest BCUT2D eigenvalue weighted by Crippen LogP contribution is -2.62. The molecule has 3 aliphatic heterocycles. The molecule has 3 aromatic carbocycles. The molecule has 3 saturated heterocycles. The molecule has 18 heteroatoms. The SMILES string of the molecule is CCC1OC(=O)C(C)C(OC2C[C@@](C)(OC)C(OC(=O)c3ccccc3)C(C)O2)C(C)C(OC2OC(C)CC(N(C)C)C2OC(=O)c2ccccc2)[C@](C)(O)CC(C)C(=NOC(=O)c2ccccc2)C(C)C(O)[C@]1(C)O. The Balaban J connectivity index is 1.47. The van der Waals surface area contributed by atoms with Crippen LogP contribution in [-0.4, -0.2) is 155 Å². The second-order valence-electron chi connectivity index (χ2n) is 21.8. The van der Waals surface area contributed by atoms with Crippen molar-refractivity contribution in [2.24, 2.45) is 28.8 Å². The molecule has 18 nitrogen and oxygen atoms in total. The Morgan fingerprint density at radius 2 is 1.26 bits per heavy atom. The number of benzene rings is 3. The summed E-state index contributed by atoms with van der Waals surface area (Å²) in [5.41, 5.74) is -4.32. The summed E-state index contributed by atoms with van der Waals surface area (Å²) in [5, 5.41) is 42.1. The van der Waals surface area contributed by atoms with Crippen molar-refractivity contribution in [3.05, 3.63) is 108 Å². The van der Waals surface area contributed by atoms with Gasteiger partial charge in [0, 0.05) is 31.3 Å². The number of aliphatic hydroxyl groups excluding tert-OH is 1. The summed E-state index contributed by atoms with van der Waals surface area (Å²) < 4.78 is 51.9. The van der Waals surface area contributed by atoms with Crippen LogP contribution in [0, 0.1) is 23.7 Å². The summed E-state index contributed by atoms with van der Waals surface area (Å²) in [4.78, 5) is 63.1. The van der Waals surface area contributed by atoms with E-state index in [9.17, 15) is 34.5 Å². The Morgan fingerprint density at radius 3 is 1.79 bits per heavy atom. The van der Waals surface area contributed by atoms with Gasteiger partial charge in [0.1, 0.15) is 17.3 Å². The lowest BCUT2D eigenvalue weighted by molar-refractivity contribution is -0.317. The van der Waals surface area contributed by atoms with Gasteiger partial charge in [-0.15, -0.1) is 0 Å². The van der Waals surface area contributed by atoms with Gasteiger partial charge in [0.25, 0.3) is 0 Å². The van der Waals surface area contributed by atoms with Gasteiger partial charge in [-0.1, -0.05) is 87.4 Å². The lowest BCUT2D eigenvalue weighted by atomic mass is 9.73. The van der Waals surface area contributed by atoms with Crippen molar-refractivity contribution in [2.75, 3.05) is 21.2 Å². The van der Waals surface area contributed by atoms with Crippen molar-refractivity contribution in [1.82, 2.24) is 4.90 Å². The smallest absolute Gasteiger partial charge is 0.365 e. The summed E-state index contributed by atoms with van der Waals surface area (Å²) in [7, 11) is 5.21. The third-order valence-electron chi connectivity index (χ3n) is 15.5. The largest absolute Gasteiger partial charge is 0.459 e. The highest BCUT2D eigenvalue weighted by molar-refractivity contribution is 5.92. The van der Waals surface area contributed by atoms with Gasteiger partial charge in [-0.2, -0.15) is 0 Å². The minimum atomic E-state index is -2.10. The summed E-state index contributed by atoms with van der Waals surface area (Å²) in [6, 6.07) is 24.8. The van der Waals surface area contributed by atoms with E-state index in [0.717, 1.165) is 0 Å². The maximum absolute atomic E-state index is 14.8. The van der Waals surface area contributed by atoms with Gasteiger partial charge in [-0.25, -0.2) is 14.4 Å². The molecule has 0 spiro atoms. The van der Waals surface area contributed by atoms with E-state index in [1.807, 2.05) is 25.9 Å². The van der Waals surface area contributed by atoms with E-state index in [4.69, 9.17) is 42.7 Å². The van der Waals surface area contributed by atoms with Crippen molar-refractivity contribution in [2.45, 2.75) is 179 Å². The number of ether oxygens (including phenoxy) is 8. The number of carbonyl (C=O) groups is 4. The Morgan fingerprint density at radius 1 is 0.724 bits per heavy atom. The predicted molar refractivity (Wildman–Crippen MR) is 280 cm³/mol. The standard InChI is InChI=1S/C58H80N2O16/c1-14-43-58(10,67)48(61)35(4)45(59-76-54(65)41-28-22-17-23-29-41)33(2)31-56(8,66)49(75-55-47(42(60(11)12)30-34(3)69-55)73-52(63)39-24-18-15-19-25-39)36(5)46(37(6)51(62)71-43)72-44-32-57(9,68-13)50(38(7)70-44)74-53(64)40-26-20-16-21-27-40/h15-29,33-38,42-44,46-50,55,61,66-67H,14,30-32H2,1-13H3/t33?,34?,35?,36?,37?,38?,42?,43?,44?,46?,47?,48?,49?,50?,55?,56-,57-,58-/m1/s1. The third kappa shape index (κ3) is 13.9. The highest BCUT2D eigenvalue weighted by atomic mass is 16.7. The van der Waals surface area contributed by atoms with Gasteiger partial charge in [0.15, 0.2) is 24.8 Å². The molecular formula is C58H80N2O16. The van der Waals surface area contributed by atoms with Crippen LogP contribution < -0.4 is 0 Å². The summed E-state index contributed by atoms with van der Waals surface area (Å²) >= 11 is 0. The van der Waals surface area contributed by atoms with E-state index >= 15 is 0 Å². The Hall–Kier alpha value is -5.15. The Kier molecular flexibility index (Phi) is 20.2. The molecule has 76 heavy (non-hydrogen) atoms. The second kappa shape index (κ2) is 25.5. The maximum atomic E-state index is 14.8. The monoisotopic (exact) mass is 1060 g/mol. The van der Waals surface area contributed by atoms with Crippen LogP contribution in [0.25, 0.3) is 0 Å². The average Bonchev–Trinajstić information content (AvgIpc) is 3.39. The summed E-state index contributed by atoms with van der Waals surface area (Å²) in [6.07, 6.45) is -10.9. The number of rotatable bonds is 13. The number of aliphatic hydroxyl groups is 3. The number of likely N-dealkylation sites (N-methyl/N-ethyl adjacent to an activating group) is 1. The third-order valence-corrected chi connectivity index (χ3v) is 15.5. The highest BCUT2D eigenvalue weighted by Crippen LogP contribution is 2.42. The molecule has 3 aliphatic rings. The van der Waals surface area contributed by atoms with Gasteiger partial charge >= 0.3 is 23.9 Å². The average molecular weight is 1060 g/mol. The van der Waals surface area contributed by atoms with Crippen LogP contribution in [0.2, 0.25) is 0 Å². The first-order chi connectivity index (χ1) is 35.8. The molecule has 3 fully saturated rings. The fourth-order valence-electron chi connectivity index (χ4n) is 11.2. The zero-order chi connectivity index (χ0) is 55.9. The molecule has 0 radical (unpaired) electrons. The number of hydrogen-bond acceptors (Lipinski definition) is 18. The van der Waals surface area contributed by atoms with Crippen LogP contribution in [0.5, 0.6) is 0 Å². The van der Waals surface area contributed by atoms with Crippen molar-refractivity contribution in [3.8, 4) is 0 Å². The molecule has 3 heterocycles. The van der Waals surface area contributed by atoms with Gasteiger partial charge in [-0.05, 0) is 111 Å². The zero-order valence-electron chi connectivity index (χ0n) is 46.2.